The lowest BCUT2D eigenvalue weighted by Gasteiger charge is -2.26. The Morgan fingerprint density at radius 1 is 1.24 bits per heavy atom. The molecule has 1 aromatic carbocycles. The predicted octanol–water partition coefficient (Wildman–Crippen LogP) is 0.434. The maximum atomic E-state index is 11.9. The number of phenols is 1. The largest absolute Gasteiger partial charge is 0.508 e. The highest BCUT2D eigenvalue weighted by Crippen LogP contribution is 2.12. The lowest BCUT2D eigenvalue weighted by atomic mass is 10.1. The van der Waals surface area contributed by atoms with Gasteiger partial charge in [-0.3, -0.25) is 9.59 Å². The monoisotopic (exact) mass is 235 g/mol. The van der Waals surface area contributed by atoms with Crippen molar-refractivity contribution in [2.75, 3.05) is 26.3 Å². The minimum Gasteiger partial charge on any atom is -0.508 e. The van der Waals surface area contributed by atoms with Gasteiger partial charge in [-0.05, 0) is 12.1 Å². The molecule has 0 aliphatic carbocycles. The van der Waals surface area contributed by atoms with Crippen molar-refractivity contribution in [1.82, 2.24) is 4.90 Å². The zero-order valence-corrected chi connectivity index (χ0v) is 9.26. The quantitative estimate of drug-likeness (QED) is 0.596. The molecule has 0 atom stereocenters. The van der Waals surface area contributed by atoms with Crippen molar-refractivity contribution >= 4 is 11.7 Å². The van der Waals surface area contributed by atoms with E-state index >= 15 is 0 Å². The van der Waals surface area contributed by atoms with E-state index in [-0.39, 0.29) is 11.3 Å². The number of amides is 1. The van der Waals surface area contributed by atoms with Crippen LogP contribution in [0.15, 0.2) is 24.3 Å². The normalized spacial score (nSPS) is 15.6. The maximum Gasteiger partial charge on any atom is 0.295 e. The lowest BCUT2D eigenvalue weighted by molar-refractivity contribution is -0.130. The Morgan fingerprint density at radius 3 is 2.59 bits per heavy atom. The SMILES string of the molecule is O=C(C(=O)N1CCOCC1)c1cccc(O)c1. The summed E-state index contributed by atoms with van der Waals surface area (Å²) in [7, 11) is 0. The summed E-state index contributed by atoms with van der Waals surface area (Å²) in [6, 6.07) is 5.80. The highest BCUT2D eigenvalue weighted by atomic mass is 16.5. The van der Waals surface area contributed by atoms with Crippen LogP contribution in [0.3, 0.4) is 0 Å². The van der Waals surface area contributed by atoms with Gasteiger partial charge in [0.2, 0.25) is 0 Å². The van der Waals surface area contributed by atoms with E-state index in [1.165, 1.54) is 29.2 Å². The van der Waals surface area contributed by atoms with Crippen molar-refractivity contribution in [1.29, 1.82) is 0 Å². The summed E-state index contributed by atoms with van der Waals surface area (Å²) < 4.78 is 5.11. The first-order valence-corrected chi connectivity index (χ1v) is 5.39. The Labute approximate surface area is 98.6 Å². The average Bonchev–Trinajstić information content (AvgIpc) is 2.38. The zero-order chi connectivity index (χ0) is 12.3. The fraction of sp³-hybridized carbons (Fsp3) is 0.333. The Bertz CT molecular complexity index is 438. The van der Waals surface area contributed by atoms with Crippen LogP contribution in [0.1, 0.15) is 10.4 Å². The second-order valence-electron chi connectivity index (χ2n) is 3.78. The fourth-order valence-electron chi connectivity index (χ4n) is 1.68. The molecule has 1 N–H and O–H groups in total. The first kappa shape index (κ1) is 11.6. The molecule has 90 valence electrons. The van der Waals surface area contributed by atoms with Gasteiger partial charge in [0.05, 0.1) is 13.2 Å². The van der Waals surface area contributed by atoms with Crippen LogP contribution in [0.5, 0.6) is 5.75 Å². The number of hydrogen-bond donors (Lipinski definition) is 1. The molecule has 1 aromatic rings. The number of morpholine rings is 1. The molecule has 0 aromatic heterocycles. The molecule has 17 heavy (non-hydrogen) atoms. The summed E-state index contributed by atoms with van der Waals surface area (Å²) >= 11 is 0. The molecule has 1 aliphatic rings. The molecule has 5 heteroatoms. The number of aromatic hydroxyl groups is 1. The predicted molar refractivity (Wildman–Crippen MR) is 59.8 cm³/mol. The van der Waals surface area contributed by atoms with Gasteiger partial charge in [-0.2, -0.15) is 0 Å². The van der Waals surface area contributed by atoms with Gasteiger partial charge in [0, 0.05) is 18.7 Å². The molecule has 0 unspecified atom stereocenters. The molecule has 1 saturated heterocycles. The van der Waals surface area contributed by atoms with E-state index < -0.39 is 11.7 Å². The second-order valence-corrected chi connectivity index (χ2v) is 3.78. The van der Waals surface area contributed by atoms with Crippen molar-refractivity contribution in [3.05, 3.63) is 29.8 Å². The molecule has 0 saturated carbocycles. The number of ketones is 1. The van der Waals surface area contributed by atoms with Crippen LogP contribution in [0.4, 0.5) is 0 Å². The van der Waals surface area contributed by atoms with Crippen molar-refractivity contribution in [3.8, 4) is 5.75 Å². The number of phenolic OH excluding ortho intramolecular Hbond substituents is 1. The third-order valence-electron chi connectivity index (χ3n) is 2.60. The molecule has 5 nitrogen and oxygen atoms in total. The third kappa shape index (κ3) is 2.62. The Kier molecular flexibility index (Phi) is 3.39. The Morgan fingerprint density at radius 2 is 1.94 bits per heavy atom. The summed E-state index contributed by atoms with van der Waals surface area (Å²) in [6.45, 7) is 1.78. The van der Waals surface area contributed by atoms with Crippen molar-refractivity contribution in [2.24, 2.45) is 0 Å². The van der Waals surface area contributed by atoms with Crippen LogP contribution in [-0.4, -0.2) is 48.0 Å². The highest BCUT2D eigenvalue weighted by Gasteiger charge is 2.24. The minimum atomic E-state index is -0.595. The van der Waals surface area contributed by atoms with E-state index in [0.717, 1.165) is 0 Å². The molecule has 2 rings (SSSR count). The number of Topliss-reactive ketones (excluding diaryl/α,β-unsaturated/α-hetero) is 1. The molecule has 1 amide bonds. The van der Waals surface area contributed by atoms with Gasteiger partial charge in [-0.25, -0.2) is 0 Å². The molecule has 0 bridgehead atoms. The molecular weight excluding hydrogens is 222 g/mol. The van der Waals surface area contributed by atoms with Crippen LogP contribution in [0, 0.1) is 0 Å². The van der Waals surface area contributed by atoms with Gasteiger partial charge in [0.25, 0.3) is 11.7 Å². The average molecular weight is 235 g/mol. The van der Waals surface area contributed by atoms with Crippen LogP contribution in [0.25, 0.3) is 0 Å². The van der Waals surface area contributed by atoms with Gasteiger partial charge >= 0.3 is 0 Å². The number of ether oxygens (including phenoxy) is 1. The van der Waals surface area contributed by atoms with E-state index in [4.69, 9.17) is 4.74 Å². The fourth-order valence-corrected chi connectivity index (χ4v) is 1.68. The molecule has 1 aliphatic heterocycles. The summed E-state index contributed by atoms with van der Waals surface area (Å²) in [4.78, 5) is 25.2. The standard InChI is InChI=1S/C12H13NO4/c14-10-3-1-2-9(8-10)11(15)12(16)13-4-6-17-7-5-13/h1-3,8,14H,4-7H2. The van der Waals surface area contributed by atoms with Gasteiger partial charge in [-0.1, -0.05) is 12.1 Å². The van der Waals surface area contributed by atoms with E-state index in [1.54, 1.807) is 0 Å². The van der Waals surface area contributed by atoms with Crippen molar-refractivity contribution < 1.29 is 19.4 Å². The molecule has 0 radical (unpaired) electrons. The highest BCUT2D eigenvalue weighted by molar-refractivity contribution is 6.42. The number of nitrogens with zero attached hydrogens (tertiary/aromatic N) is 1. The van der Waals surface area contributed by atoms with Gasteiger partial charge in [0.1, 0.15) is 5.75 Å². The zero-order valence-electron chi connectivity index (χ0n) is 9.26. The summed E-state index contributed by atoms with van der Waals surface area (Å²) in [5.41, 5.74) is 0.210. The number of rotatable bonds is 2. The number of carbonyl (C=O) groups excluding carboxylic acids is 2. The van der Waals surface area contributed by atoms with Crippen molar-refractivity contribution in [2.45, 2.75) is 0 Å². The van der Waals surface area contributed by atoms with E-state index in [0.29, 0.717) is 26.3 Å². The maximum absolute atomic E-state index is 11.9. The van der Waals surface area contributed by atoms with E-state index in [9.17, 15) is 14.7 Å². The summed E-state index contributed by atoms with van der Waals surface area (Å²) in [5.74, 6) is -1.16. The van der Waals surface area contributed by atoms with E-state index in [1.807, 2.05) is 0 Å². The first-order chi connectivity index (χ1) is 8.18. The number of benzene rings is 1. The molecule has 0 spiro atoms. The van der Waals surface area contributed by atoms with Crippen LogP contribution in [0.2, 0.25) is 0 Å². The van der Waals surface area contributed by atoms with E-state index in [2.05, 4.69) is 0 Å². The third-order valence-corrected chi connectivity index (χ3v) is 2.60. The van der Waals surface area contributed by atoms with Gasteiger partial charge in [0.15, 0.2) is 0 Å². The smallest absolute Gasteiger partial charge is 0.295 e. The molecule has 1 fully saturated rings. The topological polar surface area (TPSA) is 66.8 Å². The first-order valence-electron chi connectivity index (χ1n) is 5.39. The van der Waals surface area contributed by atoms with Crippen LogP contribution < -0.4 is 0 Å². The number of carbonyl (C=O) groups is 2. The van der Waals surface area contributed by atoms with Gasteiger partial charge in [-0.15, -0.1) is 0 Å². The lowest BCUT2D eigenvalue weighted by Crippen LogP contribution is -2.44. The minimum absolute atomic E-state index is 0.0226. The van der Waals surface area contributed by atoms with Gasteiger partial charge < -0.3 is 14.7 Å². The molecule has 1 heterocycles. The second kappa shape index (κ2) is 4.97. The summed E-state index contributed by atoms with van der Waals surface area (Å²) in [5, 5.41) is 9.26. The van der Waals surface area contributed by atoms with Crippen LogP contribution >= 0.6 is 0 Å². The van der Waals surface area contributed by atoms with Crippen molar-refractivity contribution in [3.63, 3.8) is 0 Å². The Hall–Kier alpha value is -1.88. The summed E-state index contributed by atoms with van der Waals surface area (Å²) in [6.07, 6.45) is 0. The Balaban J connectivity index is 2.11. The van der Waals surface area contributed by atoms with Crippen LogP contribution in [-0.2, 0) is 9.53 Å². The molecular formula is C12H13NO4. The number of hydrogen-bond acceptors (Lipinski definition) is 4.